The van der Waals surface area contributed by atoms with Gasteiger partial charge in [0.2, 0.25) is 0 Å². The highest BCUT2D eigenvalue weighted by atomic mass is 15.6. The number of nitrogens with two attached hydrogens (primary N) is 2. The monoisotopic (exact) mass is 216 g/mol. The number of rotatable bonds is 12. The second-order valence-electron chi connectivity index (χ2n) is 4.16. The van der Waals surface area contributed by atoms with E-state index in [1.54, 1.807) is 0 Å². The third-order valence-corrected chi connectivity index (χ3v) is 2.62. The highest BCUT2D eigenvalue weighted by Crippen LogP contribution is 1.98. The molecule has 0 aromatic carbocycles. The summed E-state index contributed by atoms with van der Waals surface area (Å²) in [6, 6.07) is 0. The molecule has 0 saturated carbocycles. The van der Waals surface area contributed by atoms with E-state index in [1.807, 2.05) is 0 Å². The predicted octanol–water partition coefficient (Wildman–Crippen LogP) is 1.61. The fraction of sp³-hybridized carbons (Fsp3) is 1.00. The molecule has 0 aliphatic carbocycles. The van der Waals surface area contributed by atoms with Crippen LogP contribution >= 0.6 is 0 Å². The summed E-state index contributed by atoms with van der Waals surface area (Å²) >= 11 is 0. The van der Waals surface area contributed by atoms with Crippen LogP contribution in [-0.4, -0.2) is 26.2 Å². The van der Waals surface area contributed by atoms with Crippen LogP contribution in [0.25, 0.3) is 0 Å². The first-order chi connectivity index (χ1) is 7.41. The number of hydrogen-bond donors (Lipinski definition) is 3. The van der Waals surface area contributed by atoms with Gasteiger partial charge >= 0.3 is 0 Å². The lowest BCUT2D eigenvalue weighted by Gasteiger charge is -2.04. The van der Waals surface area contributed by atoms with E-state index in [-0.39, 0.29) is 0 Å². The molecule has 0 aromatic rings. The third kappa shape index (κ3) is 13.9. The molecule has 0 atom stereocenters. The average molecular weight is 216 g/mol. The number of nitrogens with one attached hydrogen (secondary N) is 1. The lowest BCUT2D eigenvalue weighted by Crippen LogP contribution is -2.16. The van der Waals surface area contributed by atoms with Crippen molar-refractivity contribution in [1.29, 1.82) is 0 Å². The second kappa shape index (κ2) is 13.9. The third-order valence-electron chi connectivity index (χ3n) is 2.62. The van der Waals surface area contributed by atoms with Crippen molar-refractivity contribution in [3.8, 4) is 0 Å². The van der Waals surface area contributed by atoms with Crippen LogP contribution in [0.4, 0.5) is 0 Å². The zero-order valence-corrected chi connectivity index (χ0v) is 10.1. The van der Waals surface area contributed by atoms with Crippen molar-refractivity contribution < 1.29 is 0 Å². The van der Waals surface area contributed by atoms with Crippen molar-refractivity contribution >= 4 is 0 Å². The zero-order chi connectivity index (χ0) is 11.2. The molecule has 0 rings (SSSR count). The molecule has 3 heteroatoms. The largest absolute Gasteiger partial charge is 0.330 e. The smallest absolute Gasteiger partial charge is 0.00489 e. The van der Waals surface area contributed by atoms with Gasteiger partial charge in [0, 0.05) is 0 Å². The van der Waals surface area contributed by atoms with Crippen LogP contribution in [0.5, 0.6) is 0 Å². The van der Waals surface area contributed by atoms with Crippen LogP contribution in [0.1, 0.15) is 51.4 Å². The summed E-state index contributed by atoms with van der Waals surface area (Å²) in [4.78, 5) is 0. The fourth-order valence-corrected chi connectivity index (χ4v) is 1.62. The molecule has 0 bridgehead atoms. The summed E-state index contributed by atoms with van der Waals surface area (Å²) in [5.41, 5.74) is 10.8. The van der Waals surface area contributed by atoms with Crippen molar-refractivity contribution in [3.05, 3.63) is 0 Å². The Morgan fingerprint density at radius 2 is 0.933 bits per heavy atom. The van der Waals surface area contributed by atoms with Gasteiger partial charge in [0.15, 0.2) is 0 Å². The lowest BCUT2D eigenvalue weighted by molar-refractivity contribution is 0.558. The molecule has 0 amide bonds. The minimum Gasteiger partial charge on any atom is -0.330 e. The topological polar surface area (TPSA) is 64.1 Å². The summed E-state index contributed by atoms with van der Waals surface area (Å²) < 4.78 is 0. The molecule has 0 spiro atoms. The van der Waals surface area contributed by atoms with E-state index >= 15 is 0 Å². The Balaban J connectivity index is 2.81. The van der Waals surface area contributed by atoms with Crippen LogP contribution < -0.4 is 16.8 Å². The van der Waals surface area contributed by atoms with Crippen molar-refractivity contribution in [2.45, 2.75) is 51.4 Å². The first-order valence-electron chi connectivity index (χ1n) is 6.52. The number of unbranched alkanes of at least 4 members (excludes halogenated alkanes) is 6. The standard InChI is InChI=1S/C12H29N3/c13-9-5-1-3-7-11-15-12-8-4-2-6-10-14/h15H,1-14H2/i15+1. The zero-order valence-electron chi connectivity index (χ0n) is 10.1. The van der Waals surface area contributed by atoms with E-state index < -0.39 is 0 Å². The fourth-order valence-electron chi connectivity index (χ4n) is 1.62. The number of hydrogen-bond acceptors (Lipinski definition) is 3. The van der Waals surface area contributed by atoms with Crippen LogP contribution in [-0.2, 0) is 0 Å². The normalized spacial score (nSPS) is 10.8. The van der Waals surface area contributed by atoms with Crippen LogP contribution in [0.3, 0.4) is 0 Å². The Bertz CT molecular complexity index is 95.0. The summed E-state index contributed by atoms with van der Waals surface area (Å²) in [5, 5.41) is 3.48. The molecule has 5 N–H and O–H groups in total. The van der Waals surface area contributed by atoms with E-state index in [2.05, 4.69) is 5.32 Å². The van der Waals surface area contributed by atoms with Crippen LogP contribution in [0.2, 0.25) is 0 Å². The van der Waals surface area contributed by atoms with Gasteiger partial charge in [0.1, 0.15) is 0 Å². The maximum Gasteiger partial charge on any atom is -0.00489 e. The van der Waals surface area contributed by atoms with E-state index in [9.17, 15) is 0 Å². The van der Waals surface area contributed by atoms with Gasteiger partial charge in [-0.15, -0.1) is 0 Å². The van der Waals surface area contributed by atoms with Crippen LogP contribution in [0.15, 0.2) is 0 Å². The summed E-state index contributed by atoms with van der Waals surface area (Å²) in [5.74, 6) is 0. The molecule has 3 nitrogen and oxygen atoms in total. The Morgan fingerprint density at radius 3 is 1.33 bits per heavy atom. The average Bonchev–Trinajstić information content (AvgIpc) is 2.26. The molecule has 0 fully saturated rings. The van der Waals surface area contributed by atoms with Crippen molar-refractivity contribution in [2.75, 3.05) is 26.2 Å². The van der Waals surface area contributed by atoms with E-state index in [0.717, 1.165) is 13.1 Å². The van der Waals surface area contributed by atoms with Gasteiger partial charge in [-0.2, -0.15) is 0 Å². The van der Waals surface area contributed by atoms with Gasteiger partial charge in [-0.25, -0.2) is 0 Å². The van der Waals surface area contributed by atoms with Gasteiger partial charge in [-0.3, -0.25) is 0 Å². The van der Waals surface area contributed by atoms with Gasteiger partial charge in [0.05, 0.1) is 0 Å². The SMILES string of the molecule is NCCCCCC[15NH]CCCCCCN. The van der Waals surface area contributed by atoms with Gasteiger partial charge in [-0.1, -0.05) is 25.7 Å². The van der Waals surface area contributed by atoms with Gasteiger partial charge in [-0.05, 0) is 51.9 Å². The quantitative estimate of drug-likeness (QED) is 0.343. The minimum atomic E-state index is 0.842. The first kappa shape index (κ1) is 14.9. The molecule has 0 radical (unpaired) electrons. The summed E-state index contributed by atoms with van der Waals surface area (Å²) in [6.45, 7) is 4.02. The molecular formula is C12H29N3. The molecule has 0 aromatic heterocycles. The molecule has 0 aliphatic rings. The minimum absolute atomic E-state index is 0.842. The van der Waals surface area contributed by atoms with E-state index in [1.165, 1.54) is 64.5 Å². The Morgan fingerprint density at radius 1 is 0.533 bits per heavy atom. The van der Waals surface area contributed by atoms with E-state index in [4.69, 9.17) is 11.5 Å². The summed E-state index contributed by atoms with van der Waals surface area (Å²) in [6.07, 6.45) is 10.2. The maximum atomic E-state index is 5.42. The Hall–Kier alpha value is -0.120. The molecule has 0 aliphatic heterocycles. The van der Waals surface area contributed by atoms with E-state index in [0.29, 0.717) is 0 Å². The lowest BCUT2D eigenvalue weighted by atomic mass is 10.2. The van der Waals surface area contributed by atoms with Crippen LogP contribution in [0, 0.1) is 0 Å². The maximum absolute atomic E-state index is 5.42. The molecule has 0 saturated heterocycles. The Kier molecular flexibility index (Phi) is 13.8. The molecule has 92 valence electrons. The Labute approximate surface area is 95.0 Å². The molecule has 0 heterocycles. The van der Waals surface area contributed by atoms with Crippen molar-refractivity contribution in [1.82, 2.24) is 5.32 Å². The summed E-state index contributed by atoms with van der Waals surface area (Å²) in [7, 11) is 0. The molecule has 15 heavy (non-hydrogen) atoms. The van der Waals surface area contributed by atoms with Crippen molar-refractivity contribution in [2.24, 2.45) is 11.5 Å². The first-order valence-corrected chi connectivity index (χ1v) is 6.52. The molecular weight excluding hydrogens is 187 g/mol. The highest BCUT2D eigenvalue weighted by molar-refractivity contribution is 4.51. The van der Waals surface area contributed by atoms with Crippen molar-refractivity contribution in [3.63, 3.8) is 0 Å². The van der Waals surface area contributed by atoms with Gasteiger partial charge < -0.3 is 16.8 Å². The highest BCUT2D eigenvalue weighted by Gasteiger charge is 1.91. The predicted molar refractivity (Wildman–Crippen MR) is 67.9 cm³/mol. The van der Waals surface area contributed by atoms with Gasteiger partial charge in [0.25, 0.3) is 0 Å². The molecule has 0 unspecified atom stereocenters. The second-order valence-corrected chi connectivity index (χ2v) is 4.16.